The third-order valence-corrected chi connectivity index (χ3v) is 7.52. The maximum atomic E-state index is 4.66. The summed E-state index contributed by atoms with van der Waals surface area (Å²) in [4.78, 5) is 2.46. The van der Waals surface area contributed by atoms with Gasteiger partial charge in [-0.1, -0.05) is 0 Å². The molecule has 2 nitrogen and oxygen atoms in total. The van der Waals surface area contributed by atoms with Crippen LogP contribution in [0.5, 0.6) is 0 Å². The van der Waals surface area contributed by atoms with Crippen LogP contribution in [0.1, 0.15) is 0 Å². The van der Waals surface area contributed by atoms with Crippen molar-refractivity contribution in [2.24, 2.45) is 0 Å². The van der Waals surface area contributed by atoms with Crippen molar-refractivity contribution in [2.75, 3.05) is 0 Å². The van der Waals surface area contributed by atoms with Gasteiger partial charge in [-0.05, 0) is 0 Å². The summed E-state index contributed by atoms with van der Waals surface area (Å²) in [7, 11) is 0. The van der Waals surface area contributed by atoms with Crippen molar-refractivity contribution in [2.45, 2.75) is 0 Å². The molecule has 0 aliphatic rings. The van der Waals surface area contributed by atoms with Crippen LogP contribution >= 0.6 is 54.5 Å². The van der Waals surface area contributed by atoms with Gasteiger partial charge in [-0.2, -0.15) is 0 Å². The Morgan fingerprint density at radius 2 is 1.19 bits per heavy atom. The summed E-state index contributed by atoms with van der Waals surface area (Å²) in [6.07, 6.45) is 0. The Balaban J connectivity index is 1.96. The summed E-state index contributed by atoms with van der Waals surface area (Å²) in [5.41, 5.74) is 4.46. The summed E-state index contributed by atoms with van der Waals surface area (Å²) in [6.45, 7) is 0. The van der Waals surface area contributed by atoms with E-state index in [4.69, 9.17) is 0 Å². The molecule has 0 bridgehead atoms. The standard InChI is InChI=1S/C14H6Br2N2S2Se/c15-11-5-3-9(19-11)7-1-2-8(10-4-6-12(16)20-10)14-13(7)17-21-18-14/h1-6H. The summed E-state index contributed by atoms with van der Waals surface area (Å²) in [5, 5.41) is 0. The van der Waals surface area contributed by atoms with Crippen LogP contribution in [0.2, 0.25) is 0 Å². The first-order valence-electron chi connectivity index (χ1n) is 5.99. The molecule has 0 saturated carbocycles. The summed E-state index contributed by atoms with van der Waals surface area (Å²) in [6, 6.07) is 12.8. The van der Waals surface area contributed by atoms with Crippen molar-refractivity contribution >= 4 is 80.5 Å². The number of hydrogen-bond acceptors (Lipinski definition) is 4. The fourth-order valence-corrected chi connectivity index (χ4v) is 6.21. The SMILES string of the molecule is Brc1ccc(-c2ccc(-c3ccc(Br)s3)c3n[se]nc23)s1. The first-order valence-corrected chi connectivity index (χ1v) is 10.7. The Kier molecular flexibility index (Phi) is 3.90. The Bertz CT molecular complexity index is 867. The Labute approximate surface area is 152 Å². The zero-order valence-electron chi connectivity index (χ0n) is 10.3. The van der Waals surface area contributed by atoms with E-state index in [0.29, 0.717) is 0 Å². The fourth-order valence-electron chi connectivity index (χ4n) is 2.18. The van der Waals surface area contributed by atoms with E-state index < -0.39 is 0 Å². The van der Waals surface area contributed by atoms with Crippen LogP contribution in [0.4, 0.5) is 0 Å². The van der Waals surface area contributed by atoms with E-state index in [1.165, 1.54) is 20.9 Å². The van der Waals surface area contributed by atoms with Crippen molar-refractivity contribution in [3.63, 3.8) is 0 Å². The van der Waals surface area contributed by atoms with Gasteiger partial charge in [-0.3, -0.25) is 0 Å². The van der Waals surface area contributed by atoms with E-state index in [1.54, 1.807) is 22.7 Å². The summed E-state index contributed by atoms with van der Waals surface area (Å²) >= 11 is 10.5. The van der Waals surface area contributed by atoms with Crippen LogP contribution < -0.4 is 0 Å². The van der Waals surface area contributed by atoms with Gasteiger partial charge in [0.05, 0.1) is 0 Å². The molecule has 0 spiro atoms. The predicted octanol–water partition coefficient (Wildman–Crippen LogP) is 5.67. The van der Waals surface area contributed by atoms with Crippen molar-refractivity contribution in [3.05, 3.63) is 44.0 Å². The number of fused-ring (bicyclic) bond motifs is 1. The summed E-state index contributed by atoms with van der Waals surface area (Å²) < 4.78 is 11.6. The number of benzene rings is 1. The molecule has 1 aromatic carbocycles. The van der Waals surface area contributed by atoms with Crippen LogP contribution in [-0.2, 0) is 0 Å². The molecular weight excluding hydrogens is 499 g/mol. The fraction of sp³-hybridized carbons (Fsp3) is 0. The van der Waals surface area contributed by atoms with Crippen LogP contribution in [0.25, 0.3) is 31.9 Å². The second-order valence-electron chi connectivity index (χ2n) is 4.33. The van der Waals surface area contributed by atoms with Gasteiger partial charge in [0.15, 0.2) is 0 Å². The molecule has 3 heterocycles. The average Bonchev–Trinajstić information content (AvgIpc) is 3.18. The molecular formula is C14H6Br2N2S2Se. The van der Waals surface area contributed by atoms with Gasteiger partial charge in [-0.15, -0.1) is 0 Å². The average molecular weight is 505 g/mol. The van der Waals surface area contributed by atoms with E-state index in [9.17, 15) is 0 Å². The zero-order valence-corrected chi connectivity index (χ0v) is 16.9. The molecule has 0 radical (unpaired) electrons. The monoisotopic (exact) mass is 504 g/mol. The third-order valence-electron chi connectivity index (χ3n) is 3.09. The van der Waals surface area contributed by atoms with Gasteiger partial charge in [0, 0.05) is 0 Å². The molecule has 21 heavy (non-hydrogen) atoms. The van der Waals surface area contributed by atoms with E-state index in [-0.39, 0.29) is 15.0 Å². The predicted molar refractivity (Wildman–Crippen MR) is 98.5 cm³/mol. The number of thiophene rings is 2. The van der Waals surface area contributed by atoms with Gasteiger partial charge < -0.3 is 0 Å². The van der Waals surface area contributed by atoms with E-state index in [2.05, 4.69) is 76.2 Å². The van der Waals surface area contributed by atoms with Gasteiger partial charge in [0.25, 0.3) is 0 Å². The number of halogens is 2. The normalized spacial score (nSPS) is 11.3. The number of rotatable bonds is 2. The van der Waals surface area contributed by atoms with Crippen molar-refractivity contribution in [1.29, 1.82) is 0 Å². The van der Waals surface area contributed by atoms with Gasteiger partial charge in [-0.25, -0.2) is 0 Å². The molecule has 0 N–H and O–H groups in total. The molecule has 0 aliphatic carbocycles. The van der Waals surface area contributed by atoms with Crippen LogP contribution in [0.3, 0.4) is 0 Å². The minimum atomic E-state index is -0.0316. The summed E-state index contributed by atoms with van der Waals surface area (Å²) in [5.74, 6) is 0. The molecule has 4 rings (SSSR count). The van der Waals surface area contributed by atoms with Crippen LogP contribution in [0, 0.1) is 0 Å². The van der Waals surface area contributed by atoms with Crippen molar-refractivity contribution in [1.82, 2.24) is 7.96 Å². The number of hydrogen-bond donors (Lipinski definition) is 0. The van der Waals surface area contributed by atoms with Crippen molar-refractivity contribution in [3.8, 4) is 20.9 Å². The number of aromatic nitrogens is 2. The minimum absolute atomic E-state index is 0.0316. The van der Waals surface area contributed by atoms with Crippen LogP contribution in [0.15, 0.2) is 44.0 Å². The molecule has 0 aliphatic heterocycles. The Morgan fingerprint density at radius 1 is 0.714 bits per heavy atom. The molecule has 3 aromatic heterocycles. The molecule has 4 aromatic rings. The van der Waals surface area contributed by atoms with E-state index >= 15 is 0 Å². The molecule has 0 amide bonds. The molecule has 0 atom stereocenters. The molecule has 0 fully saturated rings. The third kappa shape index (κ3) is 2.60. The Morgan fingerprint density at radius 3 is 1.57 bits per heavy atom. The maximum absolute atomic E-state index is 4.66. The first-order chi connectivity index (χ1) is 10.2. The zero-order chi connectivity index (χ0) is 14.4. The topological polar surface area (TPSA) is 25.8 Å². The molecule has 104 valence electrons. The van der Waals surface area contributed by atoms with Gasteiger partial charge >= 0.3 is 153 Å². The van der Waals surface area contributed by atoms with Crippen LogP contribution in [-0.4, -0.2) is 22.9 Å². The Hall–Kier alpha value is -0.301. The van der Waals surface area contributed by atoms with E-state index in [0.717, 1.165) is 18.6 Å². The first kappa shape index (κ1) is 14.3. The molecule has 7 heteroatoms. The molecule has 0 unspecified atom stereocenters. The molecule has 0 saturated heterocycles. The van der Waals surface area contributed by atoms with Gasteiger partial charge in [0.1, 0.15) is 0 Å². The van der Waals surface area contributed by atoms with Gasteiger partial charge in [0.2, 0.25) is 0 Å². The second kappa shape index (κ2) is 5.72. The quantitative estimate of drug-likeness (QED) is 0.329. The number of nitrogens with zero attached hydrogens (tertiary/aromatic N) is 2. The van der Waals surface area contributed by atoms with Crippen molar-refractivity contribution < 1.29 is 0 Å². The second-order valence-corrected chi connectivity index (χ2v) is 10.4. The van der Waals surface area contributed by atoms with E-state index in [1.807, 2.05) is 0 Å².